The number of ether oxygens (including phenoxy) is 1. The first kappa shape index (κ1) is 16.4. The lowest BCUT2D eigenvalue weighted by atomic mass is 10.2. The Hall–Kier alpha value is -0.630. The summed E-state index contributed by atoms with van der Waals surface area (Å²) >= 11 is 3.20. The maximum atomic E-state index is 11.9. The molecule has 0 spiro atoms. The molecule has 0 heterocycles. The van der Waals surface area contributed by atoms with Crippen molar-refractivity contribution in [2.24, 2.45) is 0 Å². The van der Waals surface area contributed by atoms with Crippen LogP contribution in [0.15, 0.2) is 27.6 Å². The van der Waals surface area contributed by atoms with Gasteiger partial charge in [0.25, 0.3) is 15.0 Å². The number of methoxy groups -OCH3 is 1. The van der Waals surface area contributed by atoms with E-state index in [0.717, 1.165) is 0 Å². The molecule has 0 saturated carbocycles. The number of hydrogen-bond acceptors (Lipinski definition) is 4. The first-order valence-electron chi connectivity index (χ1n) is 5.37. The predicted octanol–water partition coefficient (Wildman–Crippen LogP) is 2.14. The molecule has 0 fully saturated rings. The van der Waals surface area contributed by atoms with Gasteiger partial charge in [0.1, 0.15) is 0 Å². The van der Waals surface area contributed by atoms with Crippen molar-refractivity contribution in [3.05, 3.63) is 28.2 Å². The minimum Gasteiger partial charge on any atom is -0.385 e. The van der Waals surface area contributed by atoms with Gasteiger partial charge in [0.15, 0.2) is 0 Å². The van der Waals surface area contributed by atoms with Crippen LogP contribution in [0, 0.1) is 0 Å². The van der Waals surface area contributed by atoms with Crippen LogP contribution in [0.5, 0.6) is 0 Å². The van der Waals surface area contributed by atoms with Crippen LogP contribution in [0.2, 0.25) is 0 Å². The molecule has 1 aromatic carbocycles. The molecule has 8 heteroatoms. The highest BCUT2D eigenvalue weighted by atomic mass is 79.9. The van der Waals surface area contributed by atoms with Crippen molar-refractivity contribution in [2.75, 3.05) is 20.3 Å². The fraction of sp³-hybridized carbons (Fsp3) is 0.364. The van der Waals surface area contributed by atoms with Gasteiger partial charge in [0, 0.05) is 35.4 Å². The van der Waals surface area contributed by atoms with E-state index in [1.165, 1.54) is 18.2 Å². The van der Waals surface area contributed by atoms with Crippen LogP contribution in [-0.4, -0.2) is 34.6 Å². The van der Waals surface area contributed by atoms with Crippen LogP contribution in [0.3, 0.4) is 0 Å². The number of nitrogens with one attached hydrogen (secondary N) is 1. The number of halogens is 2. The Morgan fingerprint density at radius 3 is 2.74 bits per heavy atom. The monoisotopic (exact) mass is 369 g/mol. The van der Waals surface area contributed by atoms with Gasteiger partial charge in [0.2, 0.25) is 0 Å². The highest BCUT2D eigenvalue weighted by Gasteiger charge is 2.16. The fourth-order valence-electron chi connectivity index (χ4n) is 1.34. The SMILES string of the molecule is COCCCNC(=O)c1cc(S(=O)(=O)Cl)ccc1Br. The van der Waals surface area contributed by atoms with Gasteiger partial charge in [-0.2, -0.15) is 0 Å². The summed E-state index contributed by atoms with van der Waals surface area (Å²) < 4.78 is 27.8. The summed E-state index contributed by atoms with van der Waals surface area (Å²) in [5.41, 5.74) is 0.221. The first-order valence-corrected chi connectivity index (χ1v) is 8.48. The zero-order valence-electron chi connectivity index (χ0n) is 10.2. The molecule has 1 amide bonds. The third kappa shape index (κ3) is 5.10. The largest absolute Gasteiger partial charge is 0.385 e. The average Bonchev–Trinajstić information content (AvgIpc) is 2.33. The predicted molar refractivity (Wildman–Crippen MR) is 76.0 cm³/mol. The van der Waals surface area contributed by atoms with E-state index in [2.05, 4.69) is 21.2 Å². The van der Waals surface area contributed by atoms with Crippen LogP contribution in [-0.2, 0) is 13.8 Å². The van der Waals surface area contributed by atoms with E-state index in [-0.39, 0.29) is 16.4 Å². The van der Waals surface area contributed by atoms with E-state index in [0.29, 0.717) is 24.0 Å². The molecule has 0 aliphatic carbocycles. The quantitative estimate of drug-likeness (QED) is 0.615. The molecule has 0 aliphatic heterocycles. The number of benzene rings is 1. The zero-order chi connectivity index (χ0) is 14.5. The second-order valence-electron chi connectivity index (χ2n) is 3.68. The number of carbonyl (C=O) groups excluding carboxylic acids is 1. The van der Waals surface area contributed by atoms with Gasteiger partial charge in [0.05, 0.1) is 10.5 Å². The molecule has 0 atom stereocenters. The second kappa shape index (κ2) is 7.23. The average molecular weight is 371 g/mol. The molecule has 19 heavy (non-hydrogen) atoms. The van der Waals surface area contributed by atoms with E-state index in [4.69, 9.17) is 15.4 Å². The summed E-state index contributed by atoms with van der Waals surface area (Å²) in [6.45, 7) is 0.981. The first-order chi connectivity index (χ1) is 8.86. The highest BCUT2D eigenvalue weighted by Crippen LogP contribution is 2.23. The number of rotatable bonds is 6. The van der Waals surface area contributed by atoms with Crippen LogP contribution in [0.1, 0.15) is 16.8 Å². The molecule has 1 rings (SSSR count). The molecule has 5 nitrogen and oxygen atoms in total. The van der Waals surface area contributed by atoms with Crippen LogP contribution >= 0.6 is 26.6 Å². The molecule has 1 N–H and O–H groups in total. The lowest BCUT2D eigenvalue weighted by Crippen LogP contribution is -2.25. The van der Waals surface area contributed by atoms with Crippen molar-refractivity contribution in [3.63, 3.8) is 0 Å². The van der Waals surface area contributed by atoms with E-state index in [1.54, 1.807) is 7.11 Å². The molecular weight excluding hydrogens is 358 g/mol. The Labute approximate surface area is 124 Å². The maximum Gasteiger partial charge on any atom is 0.261 e. The van der Waals surface area contributed by atoms with Crippen molar-refractivity contribution in [2.45, 2.75) is 11.3 Å². The van der Waals surface area contributed by atoms with Gasteiger partial charge in [-0.15, -0.1) is 0 Å². The zero-order valence-corrected chi connectivity index (χ0v) is 13.3. The number of carbonyl (C=O) groups is 1. The van der Waals surface area contributed by atoms with Gasteiger partial charge >= 0.3 is 0 Å². The van der Waals surface area contributed by atoms with Crippen molar-refractivity contribution in [1.82, 2.24) is 5.32 Å². The second-order valence-corrected chi connectivity index (χ2v) is 7.10. The normalized spacial score (nSPS) is 11.3. The molecule has 0 bridgehead atoms. The summed E-state index contributed by atoms with van der Waals surface area (Å²) in [5.74, 6) is -0.370. The molecule has 106 valence electrons. The van der Waals surface area contributed by atoms with Crippen molar-refractivity contribution < 1.29 is 17.9 Å². The molecule has 0 radical (unpaired) electrons. The van der Waals surface area contributed by atoms with Crippen LogP contribution in [0.25, 0.3) is 0 Å². The Morgan fingerprint density at radius 2 is 2.16 bits per heavy atom. The summed E-state index contributed by atoms with van der Waals surface area (Å²) in [5, 5.41) is 2.67. The smallest absolute Gasteiger partial charge is 0.261 e. The van der Waals surface area contributed by atoms with Crippen LogP contribution in [0.4, 0.5) is 0 Å². The minimum absolute atomic E-state index is 0.112. The van der Waals surface area contributed by atoms with E-state index in [1.807, 2.05) is 0 Å². The summed E-state index contributed by atoms with van der Waals surface area (Å²) in [7, 11) is 2.97. The Bertz CT molecular complexity index is 562. The van der Waals surface area contributed by atoms with Crippen molar-refractivity contribution >= 4 is 41.6 Å². The number of amides is 1. The summed E-state index contributed by atoms with van der Waals surface area (Å²) in [4.78, 5) is 11.8. The van der Waals surface area contributed by atoms with Crippen LogP contribution < -0.4 is 5.32 Å². The van der Waals surface area contributed by atoms with Gasteiger partial charge in [-0.05, 0) is 40.5 Å². The maximum absolute atomic E-state index is 11.9. The highest BCUT2D eigenvalue weighted by molar-refractivity contribution is 9.10. The molecule has 0 aliphatic rings. The van der Waals surface area contributed by atoms with Crippen molar-refractivity contribution in [3.8, 4) is 0 Å². The van der Waals surface area contributed by atoms with E-state index >= 15 is 0 Å². The molecule has 0 saturated heterocycles. The number of hydrogen-bond donors (Lipinski definition) is 1. The fourth-order valence-corrected chi connectivity index (χ4v) is 2.55. The van der Waals surface area contributed by atoms with Gasteiger partial charge in [-0.25, -0.2) is 8.42 Å². The minimum atomic E-state index is -3.85. The topological polar surface area (TPSA) is 72.5 Å². The lowest BCUT2D eigenvalue weighted by molar-refractivity contribution is 0.0947. The molecular formula is C11H13BrClNO4S. The Balaban J connectivity index is 2.84. The van der Waals surface area contributed by atoms with Gasteiger partial charge in [-0.3, -0.25) is 4.79 Å². The lowest BCUT2D eigenvalue weighted by Gasteiger charge is -2.07. The van der Waals surface area contributed by atoms with E-state index in [9.17, 15) is 13.2 Å². The van der Waals surface area contributed by atoms with E-state index < -0.39 is 9.05 Å². The molecule has 0 aromatic heterocycles. The molecule has 0 unspecified atom stereocenters. The van der Waals surface area contributed by atoms with Gasteiger partial charge < -0.3 is 10.1 Å². The third-order valence-electron chi connectivity index (χ3n) is 2.27. The Morgan fingerprint density at radius 1 is 1.47 bits per heavy atom. The third-order valence-corrected chi connectivity index (χ3v) is 4.32. The Kier molecular flexibility index (Phi) is 6.25. The summed E-state index contributed by atoms with van der Waals surface area (Å²) in [6, 6.07) is 4.03. The standard InChI is InChI=1S/C11H13BrClNO4S/c1-18-6-2-5-14-11(15)9-7-8(19(13,16)17)3-4-10(9)12/h3-4,7H,2,5-6H2,1H3,(H,14,15). The van der Waals surface area contributed by atoms with Gasteiger partial charge in [-0.1, -0.05) is 0 Å². The summed E-state index contributed by atoms with van der Waals surface area (Å²) in [6.07, 6.45) is 0.674. The van der Waals surface area contributed by atoms with Crippen molar-refractivity contribution in [1.29, 1.82) is 0 Å². The molecule has 1 aromatic rings.